The second-order valence-corrected chi connectivity index (χ2v) is 9.19. The molecule has 0 saturated carbocycles. The molecule has 180 valence electrons. The van der Waals surface area contributed by atoms with Gasteiger partial charge in [-0.1, -0.05) is 60.1 Å². The molecule has 2 aromatic carbocycles. The summed E-state index contributed by atoms with van der Waals surface area (Å²) in [5.41, 5.74) is 4.30. The Morgan fingerprint density at radius 2 is 1.71 bits per heavy atom. The third-order valence-electron chi connectivity index (χ3n) is 5.66. The number of nitrogens with one attached hydrogen (secondary N) is 2. The van der Waals surface area contributed by atoms with E-state index < -0.39 is 24.0 Å². The summed E-state index contributed by atoms with van der Waals surface area (Å²) in [5.74, 6) is -1.71. The number of carbonyl (C=O) groups excluding carboxylic acids is 2. The van der Waals surface area contributed by atoms with E-state index in [0.29, 0.717) is 9.50 Å². The number of alkyl carbamates (subject to hydrolysis) is 1. The molecule has 1 unspecified atom stereocenters. The first kappa shape index (κ1) is 24.7. The van der Waals surface area contributed by atoms with Crippen LogP contribution in [0.3, 0.4) is 0 Å². The van der Waals surface area contributed by atoms with Crippen molar-refractivity contribution in [2.75, 3.05) is 11.9 Å². The summed E-state index contributed by atoms with van der Waals surface area (Å²) in [6, 6.07) is 16.2. The van der Waals surface area contributed by atoms with Crippen LogP contribution in [0.2, 0.25) is 5.02 Å². The van der Waals surface area contributed by atoms with Crippen LogP contribution in [0.5, 0.6) is 0 Å². The van der Waals surface area contributed by atoms with E-state index in [9.17, 15) is 14.4 Å². The molecule has 0 aliphatic heterocycles. The van der Waals surface area contributed by atoms with Gasteiger partial charge in [0.25, 0.3) is 0 Å². The summed E-state index contributed by atoms with van der Waals surface area (Å²) in [7, 11) is 0. The fourth-order valence-electron chi connectivity index (χ4n) is 4.01. The molecule has 3 N–H and O–H groups in total. The highest BCUT2D eigenvalue weighted by molar-refractivity contribution is 9.10. The van der Waals surface area contributed by atoms with E-state index in [1.54, 1.807) is 0 Å². The van der Waals surface area contributed by atoms with Gasteiger partial charge in [0, 0.05) is 24.6 Å². The normalized spacial score (nSPS) is 12.9. The number of amides is 2. The molecule has 1 atom stereocenters. The van der Waals surface area contributed by atoms with Crippen LogP contribution >= 0.6 is 27.5 Å². The number of nitrogens with zero attached hydrogens (tertiary/aromatic N) is 1. The maximum Gasteiger partial charge on any atom is 0.407 e. The van der Waals surface area contributed by atoms with Crippen LogP contribution < -0.4 is 10.6 Å². The van der Waals surface area contributed by atoms with E-state index in [1.165, 1.54) is 12.3 Å². The van der Waals surface area contributed by atoms with E-state index in [0.717, 1.165) is 22.3 Å². The fourth-order valence-corrected chi connectivity index (χ4v) is 4.38. The van der Waals surface area contributed by atoms with Gasteiger partial charge in [-0.15, -0.1) is 0 Å². The number of fused-ring (bicyclic) bond motifs is 3. The number of carbonyl (C=O) groups is 3. The Kier molecular flexibility index (Phi) is 7.67. The van der Waals surface area contributed by atoms with Gasteiger partial charge in [-0.3, -0.25) is 9.59 Å². The number of ether oxygens (including phenoxy) is 1. The van der Waals surface area contributed by atoms with Crippen molar-refractivity contribution in [3.05, 3.63) is 81.4 Å². The SMILES string of the molecule is O=C(O)CCC(NC(=O)OCC1c2ccccc2-c2ccccc21)C(=O)Nc1cc(Cl)c(Br)cn1. The van der Waals surface area contributed by atoms with Crippen LogP contribution in [0.15, 0.2) is 65.3 Å². The van der Waals surface area contributed by atoms with Crippen molar-refractivity contribution in [1.82, 2.24) is 10.3 Å². The quantitative estimate of drug-likeness (QED) is 0.349. The third-order valence-corrected chi connectivity index (χ3v) is 6.83. The van der Waals surface area contributed by atoms with E-state index in [4.69, 9.17) is 21.4 Å². The van der Waals surface area contributed by atoms with E-state index in [1.807, 2.05) is 48.5 Å². The Morgan fingerprint density at radius 3 is 2.31 bits per heavy atom. The molecule has 3 aromatic rings. The Morgan fingerprint density at radius 1 is 1.09 bits per heavy atom. The molecule has 1 aliphatic carbocycles. The lowest BCUT2D eigenvalue weighted by Crippen LogP contribution is -2.44. The second-order valence-electron chi connectivity index (χ2n) is 7.93. The zero-order valence-electron chi connectivity index (χ0n) is 18.3. The van der Waals surface area contributed by atoms with Crippen LogP contribution in [-0.2, 0) is 14.3 Å². The second kappa shape index (κ2) is 10.9. The van der Waals surface area contributed by atoms with Gasteiger partial charge in [0.1, 0.15) is 18.5 Å². The number of benzene rings is 2. The third kappa shape index (κ3) is 5.80. The number of hydrogen-bond donors (Lipinski definition) is 3. The van der Waals surface area contributed by atoms with Gasteiger partial charge in [-0.05, 0) is 44.6 Å². The maximum absolute atomic E-state index is 12.8. The first-order valence-corrected chi connectivity index (χ1v) is 12.0. The lowest BCUT2D eigenvalue weighted by Gasteiger charge is -2.19. The molecule has 0 saturated heterocycles. The molecule has 1 heterocycles. The summed E-state index contributed by atoms with van der Waals surface area (Å²) < 4.78 is 6.04. The van der Waals surface area contributed by atoms with Crippen LogP contribution in [0, 0.1) is 0 Å². The maximum atomic E-state index is 12.8. The smallest absolute Gasteiger partial charge is 0.407 e. The van der Waals surface area contributed by atoms with Crippen molar-refractivity contribution in [2.24, 2.45) is 0 Å². The minimum Gasteiger partial charge on any atom is -0.481 e. The largest absolute Gasteiger partial charge is 0.481 e. The number of pyridine rings is 1. The zero-order chi connectivity index (χ0) is 24.9. The minimum atomic E-state index is -1.15. The van der Waals surface area contributed by atoms with Gasteiger partial charge in [0.15, 0.2) is 0 Å². The Balaban J connectivity index is 1.43. The molecule has 4 rings (SSSR count). The number of carboxylic acids is 1. The molecule has 10 heteroatoms. The van der Waals surface area contributed by atoms with Crippen LogP contribution in [0.1, 0.15) is 29.9 Å². The first-order chi connectivity index (χ1) is 16.8. The fraction of sp³-hybridized carbons (Fsp3) is 0.200. The van der Waals surface area contributed by atoms with Gasteiger partial charge in [-0.2, -0.15) is 0 Å². The zero-order valence-corrected chi connectivity index (χ0v) is 20.7. The molecule has 1 aromatic heterocycles. The first-order valence-electron chi connectivity index (χ1n) is 10.8. The molecule has 0 bridgehead atoms. The lowest BCUT2D eigenvalue weighted by molar-refractivity contribution is -0.137. The van der Waals surface area contributed by atoms with Gasteiger partial charge in [-0.25, -0.2) is 9.78 Å². The highest BCUT2D eigenvalue weighted by Gasteiger charge is 2.30. The predicted molar refractivity (Wildman–Crippen MR) is 134 cm³/mol. The van der Waals surface area contributed by atoms with Gasteiger partial charge >= 0.3 is 12.1 Å². The number of halogens is 2. The van der Waals surface area contributed by atoms with Crippen molar-refractivity contribution in [1.29, 1.82) is 0 Å². The van der Waals surface area contributed by atoms with Crippen molar-refractivity contribution in [3.63, 3.8) is 0 Å². The summed E-state index contributed by atoms with van der Waals surface area (Å²) in [6.07, 6.45) is 0.147. The summed E-state index contributed by atoms with van der Waals surface area (Å²) in [6.45, 7) is 0.0665. The highest BCUT2D eigenvalue weighted by Crippen LogP contribution is 2.44. The van der Waals surface area contributed by atoms with E-state index >= 15 is 0 Å². The lowest BCUT2D eigenvalue weighted by atomic mass is 9.98. The average Bonchev–Trinajstić information content (AvgIpc) is 3.16. The molecule has 0 fully saturated rings. The summed E-state index contributed by atoms with van der Waals surface area (Å²) in [4.78, 5) is 40.5. The van der Waals surface area contributed by atoms with Gasteiger partial charge < -0.3 is 20.5 Å². The molecule has 2 amide bonds. The van der Waals surface area contributed by atoms with Crippen LogP contribution in [-0.4, -0.2) is 40.7 Å². The molecule has 1 aliphatic rings. The van der Waals surface area contributed by atoms with Crippen LogP contribution in [0.25, 0.3) is 11.1 Å². The van der Waals surface area contributed by atoms with E-state index in [2.05, 4.69) is 31.5 Å². The molecular formula is C25H21BrClN3O5. The van der Waals surface area contributed by atoms with Crippen molar-refractivity contribution < 1.29 is 24.2 Å². The Labute approximate surface area is 214 Å². The van der Waals surface area contributed by atoms with E-state index in [-0.39, 0.29) is 31.2 Å². The average molecular weight is 559 g/mol. The molecule has 0 radical (unpaired) electrons. The van der Waals surface area contributed by atoms with Crippen LogP contribution in [0.4, 0.5) is 10.6 Å². The minimum absolute atomic E-state index is 0.0665. The van der Waals surface area contributed by atoms with Crippen molar-refractivity contribution in [3.8, 4) is 11.1 Å². The standard InChI is InChI=1S/C25H21BrClN3O5/c26-19-12-28-22(11-20(19)27)30-24(33)21(9-10-23(31)32)29-25(34)35-13-18-16-7-3-1-5-14(16)15-6-2-4-8-17(15)18/h1-8,11-12,18,21H,9-10,13H2,(H,29,34)(H,31,32)(H,28,30,33). The summed E-state index contributed by atoms with van der Waals surface area (Å²) in [5, 5.41) is 14.4. The van der Waals surface area contributed by atoms with Gasteiger partial charge in [0.05, 0.1) is 9.50 Å². The Bertz CT molecular complexity index is 1240. The molecule has 35 heavy (non-hydrogen) atoms. The molecule has 0 spiro atoms. The predicted octanol–water partition coefficient (Wildman–Crippen LogP) is 5.21. The molecular weight excluding hydrogens is 538 g/mol. The monoisotopic (exact) mass is 557 g/mol. The Hall–Kier alpha value is -3.43. The number of aromatic nitrogens is 1. The van der Waals surface area contributed by atoms with Crippen molar-refractivity contribution >= 4 is 51.3 Å². The van der Waals surface area contributed by atoms with Gasteiger partial charge in [0.2, 0.25) is 5.91 Å². The van der Waals surface area contributed by atoms with Crippen molar-refractivity contribution in [2.45, 2.75) is 24.8 Å². The molecule has 8 nitrogen and oxygen atoms in total. The summed E-state index contributed by atoms with van der Waals surface area (Å²) >= 11 is 9.25. The number of carboxylic acid groups (broad SMARTS) is 1. The number of hydrogen-bond acceptors (Lipinski definition) is 5. The number of rotatable bonds is 8. The topological polar surface area (TPSA) is 118 Å². The highest BCUT2D eigenvalue weighted by atomic mass is 79.9. The number of anilines is 1. The number of aliphatic carboxylic acids is 1.